The molecule has 2 aromatic rings. The average Bonchev–Trinajstić information content (AvgIpc) is 3.10. The highest BCUT2D eigenvalue weighted by molar-refractivity contribution is 7.16. The first-order valence-corrected chi connectivity index (χ1v) is 7.97. The average molecular weight is 311 g/mol. The second-order valence-electron chi connectivity index (χ2n) is 3.53. The number of nitrogens with zero attached hydrogens (tertiary/aromatic N) is 3. The van der Waals surface area contributed by atoms with Gasteiger partial charge in [-0.15, -0.1) is 11.3 Å². The number of thiazole rings is 1. The molecule has 7 heteroatoms. The van der Waals surface area contributed by atoms with Gasteiger partial charge < -0.3 is 11.1 Å². The summed E-state index contributed by atoms with van der Waals surface area (Å²) in [5.74, 6) is -0.521. The van der Waals surface area contributed by atoms with Crippen molar-refractivity contribution in [3.63, 3.8) is 0 Å². The van der Waals surface area contributed by atoms with Gasteiger partial charge in [-0.1, -0.05) is 34.6 Å². The van der Waals surface area contributed by atoms with Gasteiger partial charge in [-0.2, -0.15) is 5.10 Å². The summed E-state index contributed by atoms with van der Waals surface area (Å²) in [6, 6.07) is 0. The third kappa shape index (κ3) is 5.55. The molecule has 0 unspecified atom stereocenters. The lowest BCUT2D eigenvalue weighted by atomic mass is 10.4. The van der Waals surface area contributed by atoms with Crippen LogP contribution in [0.1, 0.15) is 50.1 Å². The molecule has 0 aliphatic carbocycles. The first-order chi connectivity index (χ1) is 10.1. The van der Waals surface area contributed by atoms with E-state index in [0.717, 1.165) is 17.1 Å². The summed E-state index contributed by atoms with van der Waals surface area (Å²) < 4.78 is 1.67. The molecule has 2 heterocycles. The summed E-state index contributed by atoms with van der Waals surface area (Å²) >= 11 is 1.43. The van der Waals surface area contributed by atoms with Crippen LogP contribution in [-0.2, 0) is 13.5 Å². The van der Waals surface area contributed by atoms with Crippen molar-refractivity contribution in [2.45, 2.75) is 41.0 Å². The Bertz CT molecular complexity index is 547. The van der Waals surface area contributed by atoms with Crippen LogP contribution in [0.3, 0.4) is 0 Å². The molecule has 0 aliphatic rings. The molecule has 0 atom stereocenters. The van der Waals surface area contributed by atoms with Crippen molar-refractivity contribution < 1.29 is 4.79 Å². The minimum absolute atomic E-state index is 0.288. The predicted octanol–water partition coefficient (Wildman–Crippen LogP) is 3.33. The van der Waals surface area contributed by atoms with E-state index < -0.39 is 5.91 Å². The van der Waals surface area contributed by atoms with Gasteiger partial charge >= 0.3 is 0 Å². The monoisotopic (exact) mass is 311 g/mol. The van der Waals surface area contributed by atoms with Crippen molar-refractivity contribution in [1.82, 2.24) is 14.8 Å². The van der Waals surface area contributed by atoms with Crippen LogP contribution < -0.4 is 11.1 Å². The Hall–Kier alpha value is -1.89. The highest BCUT2D eigenvalue weighted by atomic mass is 32.1. The fourth-order valence-corrected chi connectivity index (χ4v) is 2.31. The molecular formula is C14H25N5OS. The van der Waals surface area contributed by atoms with Gasteiger partial charge in [0.25, 0.3) is 5.91 Å². The minimum atomic E-state index is -0.521. The van der Waals surface area contributed by atoms with Crippen molar-refractivity contribution in [2.75, 3.05) is 5.32 Å². The highest BCUT2D eigenvalue weighted by Crippen LogP contribution is 2.27. The number of nitrogens with one attached hydrogen (secondary N) is 1. The number of amides is 1. The van der Waals surface area contributed by atoms with Gasteiger partial charge in [-0.3, -0.25) is 9.48 Å². The molecule has 0 spiro atoms. The van der Waals surface area contributed by atoms with Crippen LogP contribution in [-0.4, -0.2) is 20.7 Å². The first kappa shape index (κ1) is 19.1. The number of aromatic nitrogens is 3. The molecule has 2 aromatic heterocycles. The molecule has 0 saturated heterocycles. The number of carbonyl (C=O) groups excluding carboxylic acids is 1. The number of rotatable bonds is 4. The molecule has 1 amide bonds. The van der Waals surface area contributed by atoms with Gasteiger partial charge in [0.05, 0.1) is 16.9 Å². The van der Waals surface area contributed by atoms with E-state index in [1.807, 2.05) is 47.9 Å². The SMILES string of the molecule is CC.CC.CCc1nc(C(N)=O)c(Nc2cnn(C)c2)s1. The number of hydrogen-bond acceptors (Lipinski definition) is 5. The Morgan fingerprint density at radius 3 is 2.43 bits per heavy atom. The molecule has 2 rings (SSSR count). The fraction of sp³-hybridized carbons (Fsp3) is 0.500. The van der Waals surface area contributed by atoms with E-state index in [4.69, 9.17) is 5.73 Å². The standard InChI is InChI=1S/C10H13N5OS.2C2H6/c1-3-7-14-8(9(11)16)10(17-7)13-6-4-12-15(2)5-6;2*1-2/h4-5,13H,3H2,1-2H3,(H2,11,16);2*1-2H3. The van der Waals surface area contributed by atoms with Gasteiger partial charge in [-0.25, -0.2) is 4.98 Å². The summed E-state index contributed by atoms with van der Waals surface area (Å²) in [6.45, 7) is 9.98. The van der Waals surface area contributed by atoms with E-state index in [0.29, 0.717) is 5.00 Å². The van der Waals surface area contributed by atoms with Crippen LogP contribution >= 0.6 is 11.3 Å². The molecule has 0 aromatic carbocycles. The number of hydrogen-bond donors (Lipinski definition) is 2. The highest BCUT2D eigenvalue weighted by Gasteiger charge is 2.15. The second-order valence-corrected chi connectivity index (χ2v) is 4.61. The molecule has 21 heavy (non-hydrogen) atoms. The fourth-order valence-electron chi connectivity index (χ4n) is 1.38. The topological polar surface area (TPSA) is 85.8 Å². The van der Waals surface area contributed by atoms with Crippen LogP contribution in [0.2, 0.25) is 0 Å². The number of carbonyl (C=O) groups is 1. The summed E-state index contributed by atoms with van der Waals surface area (Å²) in [5.41, 5.74) is 6.38. The van der Waals surface area contributed by atoms with Gasteiger partial charge in [0.2, 0.25) is 0 Å². The normalized spacial score (nSPS) is 9.05. The van der Waals surface area contributed by atoms with E-state index in [1.54, 1.807) is 10.9 Å². The van der Waals surface area contributed by atoms with Crippen LogP contribution in [0.4, 0.5) is 10.7 Å². The Kier molecular flexibility index (Phi) is 9.03. The molecule has 0 radical (unpaired) electrons. The van der Waals surface area contributed by atoms with Crippen molar-refractivity contribution in [2.24, 2.45) is 12.8 Å². The third-order valence-electron chi connectivity index (χ3n) is 2.17. The van der Waals surface area contributed by atoms with Gasteiger partial charge in [0.15, 0.2) is 5.69 Å². The maximum absolute atomic E-state index is 11.3. The van der Waals surface area contributed by atoms with E-state index in [9.17, 15) is 4.79 Å². The molecule has 0 saturated carbocycles. The first-order valence-electron chi connectivity index (χ1n) is 7.15. The zero-order valence-corrected chi connectivity index (χ0v) is 14.4. The van der Waals surface area contributed by atoms with Crippen LogP contribution in [0.5, 0.6) is 0 Å². The lowest BCUT2D eigenvalue weighted by molar-refractivity contribution is 0.0997. The largest absolute Gasteiger partial charge is 0.364 e. The summed E-state index contributed by atoms with van der Waals surface area (Å²) in [5, 5.41) is 8.69. The van der Waals surface area contributed by atoms with Crippen molar-refractivity contribution in [1.29, 1.82) is 0 Å². The van der Waals surface area contributed by atoms with E-state index in [1.165, 1.54) is 11.3 Å². The zero-order valence-electron chi connectivity index (χ0n) is 13.6. The maximum atomic E-state index is 11.3. The molecule has 0 bridgehead atoms. The summed E-state index contributed by atoms with van der Waals surface area (Å²) in [7, 11) is 1.82. The van der Waals surface area contributed by atoms with Crippen molar-refractivity contribution >= 4 is 27.9 Å². The number of nitrogens with two attached hydrogens (primary N) is 1. The molecule has 0 aliphatic heterocycles. The molecular weight excluding hydrogens is 286 g/mol. The Morgan fingerprint density at radius 1 is 1.38 bits per heavy atom. The lowest BCUT2D eigenvalue weighted by Gasteiger charge is -1.99. The van der Waals surface area contributed by atoms with E-state index >= 15 is 0 Å². The number of anilines is 2. The Labute approximate surface area is 130 Å². The summed E-state index contributed by atoms with van der Waals surface area (Å²) in [6.07, 6.45) is 4.27. The third-order valence-corrected chi connectivity index (χ3v) is 3.29. The quantitative estimate of drug-likeness (QED) is 0.906. The summed E-state index contributed by atoms with van der Waals surface area (Å²) in [4.78, 5) is 15.4. The molecule has 0 fully saturated rings. The van der Waals surface area contributed by atoms with Gasteiger partial charge in [-0.05, 0) is 6.42 Å². The van der Waals surface area contributed by atoms with Gasteiger partial charge in [0, 0.05) is 13.2 Å². The van der Waals surface area contributed by atoms with E-state index in [-0.39, 0.29) is 5.69 Å². The smallest absolute Gasteiger partial charge is 0.270 e. The number of primary amides is 1. The maximum Gasteiger partial charge on any atom is 0.270 e. The Morgan fingerprint density at radius 2 is 2.00 bits per heavy atom. The number of aryl methyl sites for hydroxylation is 2. The van der Waals surface area contributed by atoms with Crippen LogP contribution in [0.25, 0.3) is 0 Å². The molecule has 3 N–H and O–H groups in total. The molecule has 118 valence electrons. The second kappa shape index (κ2) is 9.93. The van der Waals surface area contributed by atoms with Gasteiger partial charge in [0.1, 0.15) is 5.00 Å². The Balaban J connectivity index is 0.000000921. The minimum Gasteiger partial charge on any atom is -0.364 e. The predicted molar refractivity (Wildman–Crippen MR) is 89.2 cm³/mol. The zero-order chi connectivity index (χ0) is 16.4. The van der Waals surface area contributed by atoms with E-state index in [2.05, 4.69) is 15.4 Å². The lowest BCUT2D eigenvalue weighted by Crippen LogP contribution is -2.13. The molecule has 6 nitrogen and oxygen atoms in total. The van der Waals surface area contributed by atoms with Crippen molar-refractivity contribution in [3.8, 4) is 0 Å². The van der Waals surface area contributed by atoms with Crippen LogP contribution in [0, 0.1) is 0 Å². The van der Waals surface area contributed by atoms with Crippen LogP contribution in [0.15, 0.2) is 12.4 Å². The van der Waals surface area contributed by atoms with Crippen molar-refractivity contribution in [3.05, 3.63) is 23.1 Å².